The molecule has 0 bridgehead atoms. The number of unbranched alkanes of at least 4 members (excludes halogenated alkanes) is 5. The molecule has 2 aromatic carbocycles. The molecule has 0 saturated heterocycles. The highest BCUT2D eigenvalue weighted by atomic mass is 31.2. The Morgan fingerprint density at radius 2 is 1.15 bits per heavy atom. The van der Waals surface area contributed by atoms with Gasteiger partial charge in [0.2, 0.25) is 0 Å². The van der Waals surface area contributed by atoms with Gasteiger partial charge in [0.15, 0.2) is 0 Å². The Morgan fingerprint density at radius 3 is 1.62 bits per heavy atom. The Hall–Kier alpha value is -1.26. The van der Waals surface area contributed by atoms with Crippen LogP contribution >= 0.6 is 6.89 Å². The Kier molecular flexibility index (Phi) is 7.78. The van der Waals surface area contributed by atoms with E-state index < -0.39 is 6.89 Å². The summed E-state index contributed by atoms with van der Waals surface area (Å²) in [6, 6.07) is 13.9. The fourth-order valence-electron chi connectivity index (χ4n) is 4.10. The Balaban J connectivity index is 2.33. The summed E-state index contributed by atoms with van der Waals surface area (Å²) in [6.45, 7) is 9.60. The average Bonchev–Trinajstić information content (AvgIpc) is 2.57. The monoisotopic (exact) mass is 368 g/mol. The van der Waals surface area contributed by atoms with Gasteiger partial charge in [-0.2, -0.15) is 0 Å². The van der Waals surface area contributed by atoms with Gasteiger partial charge < -0.3 is 0 Å². The van der Waals surface area contributed by atoms with Gasteiger partial charge in [-0.05, 0) is 62.0 Å². The van der Waals surface area contributed by atoms with E-state index in [-0.39, 0.29) is 0 Å². The molecular formula is C25H37P. The number of hydrogen-bond donors (Lipinski definition) is 0. The van der Waals surface area contributed by atoms with E-state index in [1.807, 2.05) is 0 Å². The van der Waals surface area contributed by atoms with Gasteiger partial charge >= 0.3 is 0 Å². The van der Waals surface area contributed by atoms with Crippen molar-refractivity contribution in [3.8, 4) is 0 Å². The van der Waals surface area contributed by atoms with Crippen molar-refractivity contribution in [3.63, 3.8) is 0 Å². The van der Waals surface area contributed by atoms with Crippen LogP contribution in [0.15, 0.2) is 36.4 Å². The standard InChI is InChI=1S/C25H37P/c1-7-8-9-10-11-12-17-26(6,24-15-13-20(2)18-22(24)4)25-16-14-21(3)19-23(25)5/h13-16,18-19H,6-12,17H2,1-5H3. The summed E-state index contributed by atoms with van der Waals surface area (Å²) in [4.78, 5) is 0. The van der Waals surface area contributed by atoms with Crippen LogP contribution in [-0.4, -0.2) is 12.5 Å². The molecule has 1 heteroatoms. The predicted octanol–water partition coefficient (Wildman–Crippen LogP) is 6.68. The van der Waals surface area contributed by atoms with Crippen molar-refractivity contribution in [2.24, 2.45) is 0 Å². The molecule has 0 heterocycles. The van der Waals surface area contributed by atoms with Gasteiger partial charge in [0.05, 0.1) is 0 Å². The van der Waals surface area contributed by atoms with Crippen molar-refractivity contribution in [2.45, 2.75) is 73.1 Å². The minimum absolute atomic E-state index is 1.23. The van der Waals surface area contributed by atoms with E-state index in [2.05, 4.69) is 71.0 Å². The first kappa shape index (κ1) is 21.0. The molecule has 0 aromatic heterocycles. The molecule has 0 aliphatic heterocycles. The molecule has 0 aliphatic rings. The topological polar surface area (TPSA) is 0 Å². The lowest BCUT2D eigenvalue weighted by molar-refractivity contribution is 0.626. The zero-order valence-electron chi connectivity index (χ0n) is 17.6. The minimum Gasteiger partial charge on any atom is -0.0926 e. The second kappa shape index (κ2) is 9.61. The van der Waals surface area contributed by atoms with E-state index in [0.29, 0.717) is 0 Å². The first-order valence-corrected chi connectivity index (χ1v) is 12.4. The lowest BCUT2D eigenvalue weighted by Crippen LogP contribution is -2.23. The molecule has 0 aliphatic carbocycles. The van der Waals surface area contributed by atoms with Gasteiger partial charge in [-0.3, -0.25) is 0 Å². The third kappa shape index (κ3) is 5.14. The van der Waals surface area contributed by atoms with Crippen LogP contribution in [0.3, 0.4) is 0 Å². The smallest absolute Gasteiger partial charge is 0.0178 e. The summed E-state index contributed by atoms with van der Waals surface area (Å²) >= 11 is 0. The van der Waals surface area contributed by atoms with Gasteiger partial charge in [-0.25, -0.2) is 0 Å². The van der Waals surface area contributed by atoms with Gasteiger partial charge in [0.1, 0.15) is 0 Å². The number of rotatable bonds is 9. The summed E-state index contributed by atoms with van der Waals surface area (Å²) in [5.74, 6) is 0. The number of hydrogen-bond acceptors (Lipinski definition) is 0. The molecule has 0 radical (unpaired) electrons. The third-order valence-corrected chi connectivity index (χ3v) is 9.45. The highest BCUT2D eigenvalue weighted by molar-refractivity contribution is 7.87. The van der Waals surface area contributed by atoms with Crippen molar-refractivity contribution in [1.29, 1.82) is 0 Å². The van der Waals surface area contributed by atoms with E-state index in [0.717, 1.165) is 0 Å². The van der Waals surface area contributed by atoms with Crippen molar-refractivity contribution in [2.75, 3.05) is 6.16 Å². The maximum atomic E-state index is 4.94. The molecule has 2 aromatic rings. The summed E-state index contributed by atoms with van der Waals surface area (Å²) in [6.07, 6.45) is 14.2. The molecular weight excluding hydrogens is 331 g/mol. The van der Waals surface area contributed by atoms with E-state index >= 15 is 0 Å². The normalized spacial score (nSPS) is 11.7. The zero-order chi connectivity index (χ0) is 19.2. The van der Waals surface area contributed by atoms with E-state index in [1.165, 1.54) is 77.5 Å². The highest BCUT2D eigenvalue weighted by Gasteiger charge is 2.23. The average molecular weight is 369 g/mol. The van der Waals surface area contributed by atoms with Crippen LogP contribution < -0.4 is 10.6 Å². The van der Waals surface area contributed by atoms with Crippen LogP contribution in [0, 0.1) is 27.7 Å². The molecule has 0 atom stereocenters. The van der Waals surface area contributed by atoms with Crippen LogP contribution in [0.2, 0.25) is 0 Å². The molecule has 0 unspecified atom stereocenters. The largest absolute Gasteiger partial charge is 0.0926 e. The van der Waals surface area contributed by atoms with Crippen LogP contribution in [0.5, 0.6) is 0 Å². The van der Waals surface area contributed by atoms with Crippen LogP contribution in [0.1, 0.15) is 67.7 Å². The van der Waals surface area contributed by atoms with E-state index in [9.17, 15) is 0 Å². The zero-order valence-corrected chi connectivity index (χ0v) is 18.5. The maximum absolute atomic E-state index is 4.94. The molecule has 0 fully saturated rings. The molecule has 0 N–H and O–H groups in total. The minimum atomic E-state index is -1.59. The Morgan fingerprint density at radius 1 is 0.692 bits per heavy atom. The number of aryl methyl sites for hydroxylation is 4. The fourth-order valence-corrected chi connectivity index (χ4v) is 7.81. The molecule has 0 amide bonds. The first-order chi connectivity index (χ1) is 12.4. The summed E-state index contributed by atoms with van der Waals surface area (Å²) in [5, 5.41) is 3.01. The summed E-state index contributed by atoms with van der Waals surface area (Å²) in [7, 11) is 0. The molecule has 0 spiro atoms. The number of benzene rings is 2. The van der Waals surface area contributed by atoms with Crippen molar-refractivity contribution in [3.05, 3.63) is 58.7 Å². The Bertz CT molecular complexity index is 714. The molecule has 26 heavy (non-hydrogen) atoms. The summed E-state index contributed by atoms with van der Waals surface area (Å²) < 4.78 is 0. The fraction of sp³-hybridized carbons (Fsp3) is 0.480. The molecule has 0 saturated carbocycles. The lowest BCUT2D eigenvalue weighted by atomic mass is 10.1. The maximum Gasteiger partial charge on any atom is -0.0178 e. The van der Waals surface area contributed by atoms with Crippen LogP contribution in [-0.2, 0) is 0 Å². The van der Waals surface area contributed by atoms with Gasteiger partial charge in [0.25, 0.3) is 0 Å². The van der Waals surface area contributed by atoms with Gasteiger partial charge in [0, 0.05) is 0 Å². The predicted molar refractivity (Wildman–Crippen MR) is 123 cm³/mol. The lowest BCUT2D eigenvalue weighted by Gasteiger charge is -2.29. The molecule has 0 nitrogen and oxygen atoms in total. The van der Waals surface area contributed by atoms with Crippen LogP contribution in [0.4, 0.5) is 0 Å². The quantitative estimate of drug-likeness (QED) is 0.342. The van der Waals surface area contributed by atoms with Crippen LogP contribution in [0.25, 0.3) is 0 Å². The highest BCUT2D eigenvalue weighted by Crippen LogP contribution is 2.46. The first-order valence-electron chi connectivity index (χ1n) is 10.3. The van der Waals surface area contributed by atoms with Gasteiger partial charge in [-0.15, -0.1) is 0 Å². The van der Waals surface area contributed by atoms with Crippen molar-refractivity contribution in [1.82, 2.24) is 0 Å². The summed E-state index contributed by atoms with van der Waals surface area (Å²) in [5.41, 5.74) is 5.52. The van der Waals surface area contributed by atoms with Crippen molar-refractivity contribution >= 4 is 23.8 Å². The Labute approximate surface area is 162 Å². The molecule has 2 rings (SSSR count). The van der Waals surface area contributed by atoms with E-state index in [4.69, 9.17) is 6.30 Å². The van der Waals surface area contributed by atoms with Gasteiger partial charge in [-0.1, -0.05) is 99.7 Å². The van der Waals surface area contributed by atoms with Crippen molar-refractivity contribution < 1.29 is 0 Å². The second-order valence-electron chi connectivity index (χ2n) is 8.04. The SMILES string of the molecule is C=P(CCCCCCCC)(c1ccc(C)cc1C)c1ccc(C)cc1C. The third-order valence-electron chi connectivity index (χ3n) is 5.52. The second-order valence-corrected chi connectivity index (χ2v) is 11.4. The molecule has 142 valence electrons. The van der Waals surface area contributed by atoms with E-state index in [1.54, 1.807) is 0 Å².